The molecule has 0 radical (unpaired) electrons. The number of hydrogen-bond donors (Lipinski definition) is 2. The minimum atomic E-state index is -0.977. The van der Waals surface area contributed by atoms with Crippen molar-refractivity contribution in [2.24, 2.45) is 17.8 Å². The molecule has 0 unspecified atom stereocenters. The Morgan fingerprint density at radius 1 is 0.846 bits per heavy atom. The SMILES string of the molecule is CC1CCC([C@H](CC(=O)c2ccnn2C(C)C)C(=O)Nc2ccc([C@H](C)[C@@H](NC(=O)c3ccnn3C(C)C)C(=O)N3CCN(C)CC3)cc2F)CC1. The topological polar surface area (TPSA) is 134 Å². The Kier molecular flexibility index (Phi) is 12.7. The lowest BCUT2D eigenvalue weighted by Gasteiger charge is -2.36. The molecule has 1 saturated heterocycles. The van der Waals surface area contributed by atoms with Gasteiger partial charge in [-0.25, -0.2) is 4.39 Å². The van der Waals surface area contributed by atoms with Crippen molar-refractivity contribution in [2.75, 3.05) is 38.5 Å². The quantitative estimate of drug-likeness (QED) is 0.216. The average molecular weight is 719 g/mol. The third-order valence-electron chi connectivity index (χ3n) is 10.9. The summed E-state index contributed by atoms with van der Waals surface area (Å²) >= 11 is 0. The van der Waals surface area contributed by atoms with Crippen molar-refractivity contribution in [3.05, 3.63) is 65.5 Å². The van der Waals surface area contributed by atoms with Crippen molar-refractivity contribution in [1.82, 2.24) is 34.7 Å². The number of carbonyl (C=O) groups excluding carboxylic acids is 4. The molecule has 2 aliphatic rings. The molecule has 1 aliphatic heterocycles. The Bertz CT molecular complexity index is 1720. The summed E-state index contributed by atoms with van der Waals surface area (Å²) in [4.78, 5) is 59.0. The first-order chi connectivity index (χ1) is 24.7. The summed E-state index contributed by atoms with van der Waals surface area (Å²) in [5.41, 5.74) is 1.29. The van der Waals surface area contributed by atoms with Crippen LogP contribution in [0.4, 0.5) is 10.1 Å². The van der Waals surface area contributed by atoms with Gasteiger partial charge in [0.05, 0.1) is 5.69 Å². The smallest absolute Gasteiger partial charge is 0.270 e. The van der Waals surface area contributed by atoms with Gasteiger partial charge in [-0.3, -0.25) is 28.5 Å². The number of anilines is 1. The molecule has 282 valence electrons. The number of aromatic nitrogens is 4. The van der Waals surface area contributed by atoms with Gasteiger partial charge in [0.25, 0.3) is 5.91 Å². The van der Waals surface area contributed by atoms with Crippen molar-refractivity contribution in [3.63, 3.8) is 0 Å². The molecule has 0 bridgehead atoms. The standard InChI is InChI=1S/C39H55FN8O4/c1-24(2)47-33(14-16-41-47)35(49)23-30(28-10-8-26(5)9-11-28)37(50)43-32-13-12-29(22-31(32)40)27(6)36(39(52)46-20-18-45(7)19-21-46)44-38(51)34-15-17-42-48(34)25(3)4/h12-17,22,24-28,30,36H,8-11,18-21,23H2,1-7H3,(H,43,50)(H,44,51)/t26?,27-,28?,30-,36+/m0/s1. The Labute approximate surface area is 306 Å². The highest BCUT2D eigenvalue weighted by Gasteiger charge is 2.36. The molecule has 3 amide bonds. The number of amides is 3. The number of halogens is 1. The van der Waals surface area contributed by atoms with Gasteiger partial charge in [-0.15, -0.1) is 0 Å². The summed E-state index contributed by atoms with van der Waals surface area (Å²) in [6.07, 6.45) is 6.73. The number of nitrogens with zero attached hydrogens (tertiary/aromatic N) is 6. The van der Waals surface area contributed by atoms with E-state index in [0.29, 0.717) is 49.0 Å². The molecule has 2 N–H and O–H groups in total. The van der Waals surface area contributed by atoms with Crippen LogP contribution in [-0.4, -0.2) is 92.1 Å². The molecule has 3 heterocycles. The van der Waals surface area contributed by atoms with E-state index in [0.717, 1.165) is 25.7 Å². The fourth-order valence-electron chi connectivity index (χ4n) is 7.49. The number of ketones is 1. The summed E-state index contributed by atoms with van der Waals surface area (Å²) < 4.78 is 19.2. The van der Waals surface area contributed by atoms with Crippen molar-refractivity contribution >= 4 is 29.2 Å². The first-order valence-electron chi connectivity index (χ1n) is 18.7. The zero-order valence-corrected chi connectivity index (χ0v) is 31.6. The molecule has 1 aromatic carbocycles. The summed E-state index contributed by atoms with van der Waals surface area (Å²) in [7, 11) is 2.00. The fraction of sp³-hybridized carbons (Fsp3) is 0.590. The Balaban J connectivity index is 1.36. The molecule has 1 aliphatic carbocycles. The molecule has 52 heavy (non-hydrogen) atoms. The van der Waals surface area contributed by atoms with E-state index in [9.17, 15) is 19.2 Å². The van der Waals surface area contributed by atoms with E-state index in [1.54, 1.807) is 51.8 Å². The Morgan fingerprint density at radius 3 is 2.04 bits per heavy atom. The molecule has 5 rings (SSSR count). The Hall–Kier alpha value is -4.39. The number of likely N-dealkylation sites (N-methyl/N-ethyl adjacent to an activating group) is 1. The number of Topliss-reactive ketones (excluding diaryl/α,β-unsaturated/α-hetero) is 1. The number of rotatable bonds is 13. The van der Waals surface area contributed by atoms with Crippen LogP contribution in [0.3, 0.4) is 0 Å². The van der Waals surface area contributed by atoms with Crippen LogP contribution >= 0.6 is 0 Å². The molecular formula is C39H55FN8O4. The van der Waals surface area contributed by atoms with E-state index in [-0.39, 0.29) is 47.7 Å². The maximum absolute atomic E-state index is 16.0. The number of carbonyl (C=O) groups is 4. The van der Waals surface area contributed by atoms with Gasteiger partial charge in [0.15, 0.2) is 5.78 Å². The van der Waals surface area contributed by atoms with Gasteiger partial charge < -0.3 is 20.4 Å². The number of benzene rings is 1. The van der Waals surface area contributed by atoms with Crippen LogP contribution in [0.25, 0.3) is 0 Å². The monoisotopic (exact) mass is 718 g/mol. The summed E-state index contributed by atoms with van der Waals surface area (Å²) in [5, 5.41) is 14.3. The molecule has 13 heteroatoms. The van der Waals surface area contributed by atoms with E-state index >= 15 is 4.39 Å². The van der Waals surface area contributed by atoms with Gasteiger partial charge in [-0.1, -0.05) is 32.8 Å². The van der Waals surface area contributed by atoms with Crippen molar-refractivity contribution in [1.29, 1.82) is 0 Å². The highest BCUT2D eigenvalue weighted by molar-refractivity contribution is 6.00. The van der Waals surface area contributed by atoms with E-state index in [1.165, 1.54) is 12.1 Å². The van der Waals surface area contributed by atoms with E-state index in [4.69, 9.17) is 0 Å². The zero-order chi connectivity index (χ0) is 37.7. The van der Waals surface area contributed by atoms with Crippen LogP contribution in [-0.2, 0) is 9.59 Å². The van der Waals surface area contributed by atoms with Crippen LogP contribution in [0.1, 0.15) is 118 Å². The first-order valence-corrected chi connectivity index (χ1v) is 18.7. The predicted octanol–water partition coefficient (Wildman–Crippen LogP) is 5.71. The van der Waals surface area contributed by atoms with Gasteiger partial charge in [-0.2, -0.15) is 10.2 Å². The van der Waals surface area contributed by atoms with Crippen LogP contribution < -0.4 is 10.6 Å². The lowest BCUT2D eigenvalue weighted by atomic mass is 9.74. The number of piperazine rings is 1. The van der Waals surface area contributed by atoms with E-state index < -0.39 is 29.6 Å². The third kappa shape index (κ3) is 8.97. The first kappa shape index (κ1) is 38.8. The van der Waals surface area contributed by atoms with Crippen LogP contribution in [0, 0.1) is 23.6 Å². The maximum Gasteiger partial charge on any atom is 0.270 e. The molecule has 2 fully saturated rings. The van der Waals surface area contributed by atoms with Gasteiger partial charge >= 0.3 is 0 Å². The number of nitrogens with one attached hydrogen (secondary N) is 2. The highest BCUT2D eigenvalue weighted by atomic mass is 19.1. The molecule has 12 nitrogen and oxygen atoms in total. The minimum absolute atomic E-state index is 0.00149. The lowest BCUT2D eigenvalue weighted by molar-refractivity contribution is -0.135. The summed E-state index contributed by atoms with van der Waals surface area (Å²) in [5.74, 6) is -2.58. The second-order valence-corrected chi connectivity index (χ2v) is 15.4. The van der Waals surface area contributed by atoms with Crippen LogP contribution in [0.15, 0.2) is 42.7 Å². The van der Waals surface area contributed by atoms with Crippen molar-refractivity contribution in [3.8, 4) is 0 Å². The predicted molar refractivity (Wildman–Crippen MR) is 198 cm³/mol. The molecular weight excluding hydrogens is 663 g/mol. The van der Waals surface area contributed by atoms with E-state index in [2.05, 4.69) is 32.7 Å². The van der Waals surface area contributed by atoms with Crippen molar-refractivity contribution < 1.29 is 23.6 Å². The largest absolute Gasteiger partial charge is 0.338 e. The van der Waals surface area contributed by atoms with Gasteiger partial charge in [0.2, 0.25) is 11.8 Å². The van der Waals surface area contributed by atoms with E-state index in [1.807, 2.05) is 34.7 Å². The molecule has 1 saturated carbocycles. The highest BCUT2D eigenvalue weighted by Crippen LogP contribution is 2.36. The van der Waals surface area contributed by atoms with Gasteiger partial charge in [0, 0.05) is 68.9 Å². The lowest BCUT2D eigenvalue weighted by Crippen LogP contribution is -2.56. The molecule has 3 aromatic rings. The molecule has 0 spiro atoms. The summed E-state index contributed by atoms with van der Waals surface area (Å²) in [6.45, 7) is 14.2. The van der Waals surface area contributed by atoms with Crippen LogP contribution in [0.2, 0.25) is 0 Å². The van der Waals surface area contributed by atoms with Gasteiger partial charge in [0.1, 0.15) is 23.2 Å². The summed E-state index contributed by atoms with van der Waals surface area (Å²) in [6, 6.07) is 6.74. The minimum Gasteiger partial charge on any atom is -0.338 e. The zero-order valence-electron chi connectivity index (χ0n) is 31.6. The van der Waals surface area contributed by atoms with Crippen molar-refractivity contribution in [2.45, 2.75) is 97.7 Å². The molecule has 2 aromatic heterocycles. The van der Waals surface area contributed by atoms with Crippen LogP contribution in [0.5, 0.6) is 0 Å². The average Bonchev–Trinajstić information content (AvgIpc) is 3.82. The fourth-order valence-corrected chi connectivity index (χ4v) is 7.49. The second-order valence-electron chi connectivity index (χ2n) is 15.4. The maximum atomic E-state index is 16.0. The third-order valence-corrected chi connectivity index (χ3v) is 10.9. The molecule has 3 atom stereocenters. The number of hydrogen-bond acceptors (Lipinski definition) is 7. The normalized spacial score (nSPS) is 20.1. The Morgan fingerprint density at radius 2 is 1.44 bits per heavy atom. The van der Waals surface area contributed by atoms with Gasteiger partial charge in [-0.05, 0) is 89.2 Å². The second kappa shape index (κ2) is 17.0.